The summed E-state index contributed by atoms with van der Waals surface area (Å²) in [4.78, 5) is 12.2. The van der Waals surface area contributed by atoms with Gasteiger partial charge in [0.1, 0.15) is 0 Å². The normalized spacial score (nSPS) is 12.2. The van der Waals surface area contributed by atoms with Crippen LogP contribution >= 0.6 is 23.2 Å². The number of nitrogens with one attached hydrogen (secondary N) is 2. The van der Waals surface area contributed by atoms with E-state index in [9.17, 15) is 4.79 Å². The Morgan fingerprint density at radius 1 is 1.04 bits per heavy atom. The number of benzene rings is 2. The van der Waals surface area contributed by atoms with Crippen LogP contribution in [-0.2, 0) is 0 Å². The zero-order valence-electron chi connectivity index (χ0n) is 12.5. The lowest BCUT2D eigenvalue weighted by atomic mass is 10.1. The molecule has 0 radical (unpaired) electrons. The minimum Gasteiger partial charge on any atom is -0.454 e. The summed E-state index contributed by atoms with van der Waals surface area (Å²) in [6.07, 6.45) is 0. The van der Waals surface area contributed by atoms with Crippen molar-refractivity contribution in [1.29, 1.82) is 0 Å². The fourth-order valence-corrected chi connectivity index (χ4v) is 2.69. The average molecular weight is 353 g/mol. The summed E-state index contributed by atoms with van der Waals surface area (Å²) >= 11 is 12.3. The van der Waals surface area contributed by atoms with Gasteiger partial charge in [0.15, 0.2) is 11.5 Å². The lowest BCUT2D eigenvalue weighted by molar-refractivity contribution is 0.174. The number of hydrogen-bond acceptors (Lipinski definition) is 3. The first-order valence-corrected chi connectivity index (χ1v) is 7.64. The molecule has 0 saturated heterocycles. The van der Waals surface area contributed by atoms with E-state index in [2.05, 4.69) is 10.6 Å². The second kappa shape index (κ2) is 6.18. The Balaban J connectivity index is 1.75. The highest BCUT2D eigenvalue weighted by Gasteiger charge is 2.15. The highest BCUT2D eigenvalue weighted by Crippen LogP contribution is 2.35. The summed E-state index contributed by atoms with van der Waals surface area (Å²) < 4.78 is 10.5. The Morgan fingerprint density at radius 2 is 1.78 bits per heavy atom. The average Bonchev–Trinajstić information content (AvgIpc) is 2.98. The van der Waals surface area contributed by atoms with Crippen LogP contribution in [0.5, 0.6) is 11.5 Å². The molecule has 0 bridgehead atoms. The van der Waals surface area contributed by atoms with Crippen molar-refractivity contribution in [2.45, 2.75) is 13.8 Å². The predicted molar refractivity (Wildman–Crippen MR) is 91.1 cm³/mol. The van der Waals surface area contributed by atoms with Crippen LogP contribution in [0.15, 0.2) is 24.3 Å². The van der Waals surface area contributed by atoms with E-state index in [-0.39, 0.29) is 6.79 Å². The van der Waals surface area contributed by atoms with Gasteiger partial charge in [0.2, 0.25) is 6.79 Å². The van der Waals surface area contributed by atoms with Crippen molar-refractivity contribution in [2.24, 2.45) is 0 Å². The Labute approximate surface area is 143 Å². The first kappa shape index (κ1) is 15.8. The molecule has 0 fully saturated rings. The van der Waals surface area contributed by atoms with Gasteiger partial charge in [0.25, 0.3) is 0 Å². The van der Waals surface area contributed by atoms with Crippen molar-refractivity contribution in [2.75, 3.05) is 17.4 Å². The summed E-state index contributed by atoms with van der Waals surface area (Å²) in [5, 5.41) is 6.51. The highest BCUT2D eigenvalue weighted by atomic mass is 35.5. The largest absolute Gasteiger partial charge is 0.454 e. The van der Waals surface area contributed by atoms with E-state index in [1.807, 2.05) is 13.8 Å². The molecule has 120 valence electrons. The van der Waals surface area contributed by atoms with E-state index in [0.717, 1.165) is 11.1 Å². The van der Waals surface area contributed by atoms with Crippen LogP contribution in [0.1, 0.15) is 11.1 Å². The number of hydrogen-bond donors (Lipinski definition) is 2. The molecule has 7 heteroatoms. The number of halogens is 2. The van der Waals surface area contributed by atoms with Crippen molar-refractivity contribution in [3.63, 3.8) is 0 Å². The Kier molecular flexibility index (Phi) is 4.24. The van der Waals surface area contributed by atoms with Crippen molar-refractivity contribution in [3.8, 4) is 11.5 Å². The van der Waals surface area contributed by atoms with E-state index in [0.29, 0.717) is 32.9 Å². The summed E-state index contributed by atoms with van der Waals surface area (Å²) in [6, 6.07) is 6.45. The molecule has 2 aromatic rings. The van der Waals surface area contributed by atoms with Gasteiger partial charge in [-0.25, -0.2) is 4.79 Å². The number of carbonyl (C=O) groups is 1. The number of urea groups is 1. The molecule has 0 unspecified atom stereocenters. The molecule has 1 aliphatic rings. The molecule has 23 heavy (non-hydrogen) atoms. The molecule has 2 amide bonds. The molecule has 0 spiro atoms. The van der Waals surface area contributed by atoms with E-state index in [1.54, 1.807) is 24.3 Å². The van der Waals surface area contributed by atoms with Crippen LogP contribution in [0, 0.1) is 13.8 Å². The van der Waals surface area contributed by atoms with Gasteiger partial charge >= 0.3 is 6.03 Å². The van der Waals surface area contributed by atoms with Gasteiger partial charge in [-0.2, -0.15) is 0 Å². The van der Waals surface area contributed by atoms with Gasteiger partial charge in [-0.15, -0.1) is 0 Å². The number of amides is 2. The fourth-order valence-electron chi connectivity index (χ4n) is 2.24. The first-order chi connectivity index (χ1) is 11.0. The van der Waals surface area contributed by atoms with Gasteiger partial charge in [0, 0.05) is 27.5 Å². The summed E-state index contributed by atoms with van der Waals surface area (Å²) in [5.41, 5.74) is 2.69. The minimum atomic E-state index is -0.400. The molecule has 2 aromatic carbocycles. The smallest absolute Gasteiger partial charge is 0.323 e. The van der Waals surface area contributed by atoms with Crippen molar-refractivity contribution < 1.29 is 14.3 Å². The molecule has 0 aromatic heterocycles. The summed E-state index contributed by atoms with van der Waals surface area (Å²) in [7, 11) is 0. The van der Waals surface area contributed by atoms with Crippen LogP contribution in [0.4, 0.5) is 16.2 Å². The monoisotopic (exact) mass is 352 g/mol. The molecule has 3 rings (SSSR count). The van der Waals surface area contributed by atoms with E-state index < -0.39 is 6.03 Å². The molecule has 0 saturated carbocycles. The Bertz CT molecular complexity index is 793. The number of carbonyl (C=O) groups excluding carboxylic acids is 1. The van der Waals surface area contributed by atoms with Crippen LogP contribution < -0.4 is 20.1 Å². The Morgan fingerprint density at radius 3 is 2.57 bits per heavy atom. The molecule has 2 N–H and O–H groups in total. The minimum absolute atomic E-state index is 0.185. The van der Waals surface area contributed by atoms with Gasteiger partial charge < -0.3 is 20.1 Å². The van der Waals surface area contributed by atoms with Crippen molar-refractivity contribution in [3.05, 3.63) is 45.4 Å². The van der Waals surface area contributed by atoms with Crippen LogP contribution in [0.3, 0.4) is 0 Å². The van der Waals surface area contributed by atoms with Crippen LogP contribution in [-0.4, -0.2) is 12.8 Å². The first-order valence-electron chi connectivity index (χ1n) is 6.88. The summed E-state index contributed by atoms with van der Waals surface area (Å²) in [5.74, 6) is 1.25. The number of anilines is 2. The number of rotatable bonds is 2. The molecular formula is C16H14Cl2N2O3. The maximum Gasteiger partial charge on any atom is 0.323 e. The second-order valence-corrected chi connectivity index (χ2v) is 5.90. The molecule has 1 aliphatic heterocycles. The number of fused-ring (bicyclic) bond motifs is 1. The quantitative estimate of drug-likeness (QED) is 0.800. The third-order valence-corrected chi connectivity index (χ3v) is 4.53. The van der Waals surface area contributed by atoms with E-state index >= 15 is 0 Å². The maximum absolute atomic E-state index is 12.2. The van der Waals surface area contributed by atoms with Gasteiger partial charge in [-0.05, 0) is 43.2 Å². The predicted octanol–water partition coefficient (Wildman–Crippen LogP) is 4.98. The van der Waals surface area contributed by atoms with E-state index in [4.69, 9.17) is 32.7 Å². The lowest BCUT2D eigenvalue weighted by Crippen LogP contribution is -2.20. The van der Waals surface area contributed by atoms with Gasteiger partial charge in [0.05, 0.1) is 0 Å². The summed E-state index contributed by atoms with van der Waals surface area (Å²) in [6.45, 7) is 3.83. The molecule has 5 nitrogen and oxygen atoms in total. The van der Waals surface area contributed by atoms with E-state index in [1.165, 1.54) is 0 Å². The lowest BCUT2D eigenvalue weighted by Gasteiger charge is -2.13. The van der Waals surface area contributed by atoms with Crippen molar-refractivity contribution in [1.82, 2.24) is 0 Å². The Hall–Kier alpha value is -2.11. The topological polar surface area (TPSA) is 59.6 Å². The fraction of sp³-hybridized carbons (Fsp3) is 0.188. The molecule has 0 atom stereocenters. The SMILES string of the molecule is Cc1c(Cl)cc(NC(=O)Nc2ccc3c(c2)OCO3)c(C)c1Cl. The maximum atomic E-state index is 12.2. The molecular weight excluding hydrogens is 339 g/mol. The highest BCUT2D eigenvalue weighted by molar-refractivity contribution is 6.37. The molecule has 0 aliphatic carbocycles. The third kappa shape index (κ3) is 3.16. The standard InChI is InChI=1S/C16H14Cl2N2O3/c1-8-11(17)6-12(9(2)15(8)18)20-16(21)19-10-3-4-13-14(5-10)23-7-22-13/h3-6H,7H2,1-2H3,(H2,19,20,21). The second-order valence-electron chi connectivity index (χ2n) is 5.12. The number of ether oxygens (including phenoxy) is 2. The van der Waals surface area contributed by atoms with Crippen LogP contribution in [0.2, 0.25) is 10.0 Å². The molecule has 1 heterocycles. The third-order valence-electron chi connectivity index (χ3n) is 3.57. The van der Waals surface area contributed by atoms with Gasteiger partial charge in [-0.1, -0.05) is 23.2 Å². The van der Waals surface area contributed by atoms with Gasteiger partial charge in [-0.3, -0.25) is 0 Å². The zero-order chi connectivity index (χ0) is 16.6. The zero-order valence-corrected chi connectivity index (χ0v) is 14.0. The van der Waals surface area contributed by atoms with Crippen LogP contribution in [0.25, 0.3) is 0 Å². The van der Waals surface area contributed by atoms with Crippen molar-refractivity contribution >= 4 is 40.6 Å².